The van der Waals surface area contributed by atoms with Crippen molar-refractivity contribution in [2.75, 3.05) is 38.3 Å². The summed E-state index contributed by atoms with van der Waals surface area (Å²) in [4.78, 5) is 31.5. The number of aromatic nitrogens is 1. The van der Waals surface area contributed by atoms with Crippen LogP contribution in [0.1, 0.15) is 28.4 Å². The molecule has 2 N–H and O–H groups in total. The van der Waals surface area contributed by atoms with E-state index in [0.717, 1.165) is 28.3 Å². The van der Waals surface area contributed by atoms with Crippen LogP contribution in [0.5, 0.6) is 5.75 Å². The van der Waals surface area contributed by atoms with E-state index in [1.807, 2.05) is 18.2 Å². The van der Waals surface area contributed by atoms with Crippen molar-refractivity contribution in [2.45, 2.75) is 24.8 Å². The summed E-state index contributed by atoms with van der Waals surface area (Å²) < 4.78 is 44.8. The highest BCUT2D eigenvalue weighted by Gasteiger charge is 2.27. The molecular formula is C25H27FN4O5S2. The number of sulfone groups is 1. The van der Waals surface area contributed by atoms with Gasteiger partial charge in [-0.2, -0.15) is 0 Å². The van der Waals surface area contributed by atoms with E-state index >= 15 is 4.39 Å². The molecule has 1 aliphatic heterocycles. The van der Waals surface area contributed by atoms with Crippen LogP contribution >= 0.6 is 11.3 Å². The number of carbonyl (C=O) groups excluding carboxylic acids is 2. The number of amides is 2. The molecule has 0 fully saturated rings. The molecule has 0 atom stereocenters. The van der Waals surface area contributed by atoms with Gasteiger partial charge < -0.3 is 20.3 Å². The molecule has 0 saturated heterocycles. The minimum Gasteiger partial charge on any atom is -0.491 e. The number of ether oxygens (including phenoxy) is 1. The highest BCUT2D eigenvalue weighted by Crippen LogP contribution is 2.34. The van der Waals surface area contributed by atoms with Gasteiger partial charge in [-0.05, 0) is 49.4 Å². The molecule has 0 spiro atoms. The molecule has 2 amide bonds. The maximum absolute atomic E-state index is 15.0. The van der Waals surface area contributed by atoms with E-state index in [0.29, 0.717) is 10.9 Å². The Bertz CT molecular complexity index is 1460. The molecular weight excluding hydrogens is 519 g/mol. The van der Waals surface area contributed by atoms with Crippen LogP contribution in [0.15, 0.2) is 41.4 Å². The molecule has 1 aromatic heterocycles. The average molecular weight is 547 g/mol. The summed E-state index contributed by atoms with van der Waals surface area (Å²) in [5.41, 5.74) is 1.82. The van der Waals surface area contributed by atoms with Crippen molar-refractivity contribution in [1.82, 2.24) is 15.2 Å². The Morgan fingerprint density at radius 1 is 1.24 bits per heavy atom. The predicted molar refractivity (Wildman–Crippen MR) is 139 cm³/mol. The van der Waals surface area contributed by atoms with Crippen LogP contribution in [0, 0.1) is 5.82 Å². The summed E-state index contributed by atoms with van der Waals surface area (Å²) in [6, 6.07) is 8.15. The highest BCUT2D eigenvalue weighted by atomic mass is 32.2. The van der Waals surface area contributed by atoms with Crippen molar-refractivity contribution in [3.63, 3.8) is 0 Å². The van der Waals surface area contributed by atoms with Gasteiger partial charge in [0, 0.05) is 35.7 Å². The Labute approximate surface area is 218 Å². The number of hydrogen-bond donors (Lipinski definition) is 2. The van der Waals surface area contributed by atoms with Crippen molar-refractivity contribution >= 4 is 38.1 Å². The number of halogens is 1. The Kier molecular flexibility index (Phi) is 7.90. The fraction of sp³-hybridized carbons (Fsp3) is 0.320. The molecule has 0 aliphatic carbocycles. The standard InChI is InChI=1S/C25H27FN4O5S2/c1-4-17-18(6-8-21(23(17)26)37(3,33)34)24(32)30-9-10-35-19-7-5-15(11-16(19)14-30)20-12-28-25(36-20)29-22(31)13-27-2/h5-8,11-12,27H,4,9-10,13-14H2,1-3H3,(H,28,29,31). The Morgan fingerprint density at radius 3 is 2.73 bits per heavy atom. The van der Waals surface area contributed by atoms with Gasteiger partial charge in [0.05, 0.1) is 18.0 Å². The van der Waals surface area contributed by atoms with Gasteiger partial charge in [-0.3, -0.25) is 9.59 Å². The lowest BCUT2D eigenvalue weighted by molar-refractivity contribution is -0.115. The molecule has 2 heterocycles. The number of nitrogens with zero attached hydrogens (tertiary/aromatic N) is 2. The molecule has 37 heavy (non-hydrogen) atoms. The average Bonchev–Trinajstić information content (AvgIpc) is 3.20. The maximum Gasteiger partial charge on any atom is 0.254 e. The Morgan fingerprint density at radius 2 is 2.03 bits per heavy atom. The normalized spacial score (nSPS) is 13.5. The van der Waals surface area contributed by atoms with Gasteiger partial charge in [-0.25, -0.2) is 17.8 Å². The molecule has 12 heteroatoms. The van der Waals surface area contributed by atoms with E-state index in [1.54, 1.807) is 25.1 Å². The lowest BCUT2D eigenvalue weighted by Gasteiger charge is -2.22. The second-order valence-electron chi connectivity index (χ2n) is 8.54. The van der Waals surface area contributed by atoms with Gasteiger partial charge in [0.15, 0.2) is 15.0 Å². The molecule has 3 aromatic rings. The van der Waals surface area contributed by atoms with Crippen molar-refractivity contribution in [3.05, 3.63) is 59.0 Å². The van der Waals surface area contributed by atoms with Crippen LogP contribution in [0.2, 0.25) is 0 Å². The predicted octanol–water partition coefficient (Wildman–Crippen LogP) is 3.11. The van der Waals surface area contributed by atoms with E-state index < -0.39 is 26.5 Å². The molecule has 0 bridgehead atoms. The third-order valence-electron chi connectivity index (χ3n) is 5.89. The second kappa shape index (κ2) is 11.0. The summed E-state index contributed by atoms with van der Waals surface area (Å²) in [6.45, 7) is 2.62. The third-order valence-corrected chi connectivity index (χ3v) is 7.97. The van der Waals surface area contributed by atoms with E-state index in [-0.39, 0.29) is 49.7 Å². The maximum atomic E-state index is 15.0. The molecule has 2 aromatic carbocycles. The third kappa shape index (κ3) is 5.81. The molecule has 1 aliphatic rings. The molecule has 9 nitrogen and oxygen atoms in total. The van der Waals surface area contributed by atoms with Crippen LogP contribution in [0.4, 0.5) is 9.52 Å². The van der Waals surface area contributed by atoms with Crippen molar-refractivity contribution in [3.8, 4) is 16.2 Å². The number of anilines is 1. The monoisotopic (exact) mass is 546 g/mol. The summed E-state index contributed by atoms with van der Waals surface area (Å²) in [6.07, 6.45) is 2.77. The SMILES string of the molecule is CCc1c(C(=O)N2CCOc3ccc(-c4cnc(NC(=O)CNC)s4)cc3C2)ccc(S(C)(=O)=O)c1F. The number of benzene rings is 2. The lowest BCUT2D eigenvalue weighted by atomic mass is 10.0. The van der Waals surface area contributed by atoms with E-state index in [2.05, 4.69) is 15.6 Å². The number of carbonyl (C=O) groups is 2. The first kappa shape index (κ1) is 26.7. The van der Waals surface area contributed by atoms with Crippen LogP contribution < -0.4 is 15.4 Å². The molecule has 0 radical (unpaired) electrons. The van der Waals surface area contributed by atoms with E-state index in [1.165, 1.54) is 17.4 Å². The topological polar surface area (TPSA) is 118 Å². The van der Waals surface area contributed by atoms with E-state index in [4.69, 9.17) is 4.74 Å². The van der Waals surface area contributed by atoms with Crippen LogP contribution in [-0.2, 0) is 27.6 Å². The van der Waals surface area contributed by atoms with Crippen LogP contribution in [-0.4, -0.2) is 63.1 Å². The Hall–Kier alpha value is -3.35. The summed E-state index contributed by atoms with van der Waals surface area (Å²) in [7, 11) is -2.09. The zero-order valence-electron chi connectivity index (χ0n) is 20.6. The minimum atomic E-state index is -3.77. The number of likely N-dealkylation sites (N-methyl/N-ethyl adjacent to an activating group) is 1. The minimum absolute atomic E-state index is 0.0737. The zero-order chi connectivity index (χ0) is 26.7. The van der Waals surface area contributed by atoms with Crippen molar-refractivity contribution in [2.24, 2.45) is 0 Å². The first-order valence-electron chi connectivity index (χ1n) is 11.6. The van der Waals surface area contributed by atoms with Crippen molar-refractivity contribution < 1.29 is 27.1 Å². The fourth-order valence-corrected chi connectivity index (χ4v) is 5.71. The van der Waals surface area contributed by atoms with Gasteiger partial charge >= 0.3 is 0 Å². The van der Waals surface area contributed by atoms with Crippen molar-refractivity contribution in [1.29, 1.82) is 0 Å². The highest BCUT2D eigenvalue weighted by molar-refractivity contribution is 7.90. The van der Waals surface area contributed by atoms with Gasteiger partial charge in [-0.1, -0.05) is 18.3 Å². The number of rotatable bonds is 7. The van der Waals surface area contributed by atoms with Gasteiger partial charge in [-0.15, -0.1) is 0 Å². The van der Waals surface area contributed by atoms with Gasteiger partial charge in [0.2, 0.25) is 5.91 Å². The second-order valence-corrected chi connectivity index (χ2v) is 11.6. The number of nitrogens with one attached hydrogen (secondary N) is 2. The van der Waals surface area contributed by atoms with Crippen LogP contribution in [0.25, 0.3) is 10.4 Å². The largest absolute Gasteiger partial charge is 0.491 e. The number of thiazole rings is 1. The smallest absolute Gasteiger partial charge is 0.254 e. The molecule has 196 valence electrons. The van der Waals surface area contributed by atoms with Gasteiger partial charge in [0.25, 0.3) is 5.91 Å². The lowest BCUT2D eigenvalue weighted by Crippen LogP contribution is -2.33. The molecule has 4 rings (SSSR count). The number of hydrogen-bond acceptors (Lipinski definition) is 8. The zero-order valence-corrected chi connectivity index (χ0v) is 22.3. The Balaban J connectivity index is 1.60. The quantitative estimate of drug-likeness (QED) is 0.468. The first-order chi connectivity index (χ1) is 17.6. The number of fused-ring (bicyclic) bond motifs is 1. The molecule has 0 unspecified atom stereocenters. The summed E-state index contributed by atoms with van der Waals surface area (Å²) in [5.74, 6) is -0.835. The van der Waals surface area contributed by atoms with E-state index in [9.17, 15) is 18.0 Å². The van der Waals surface area contributed by atoms with Crippen LogP contribution in [0.3, 0.4) is 0 Å². The fourth-order valence-electron chi connectivity index (χ4n) is 4.11. The molecule has 0 saturated carbocycles. The summed E-state index contributed by atoms with van der Waals surface area (Å²) in [5, 5.41) is 5.99. The summed E-state index contributed by atoms with van der Waals surface area (Å²) >= 11 is 1.33. The first-order valence-corrected chi connectivity index (χ1v) is 14.3. The van der Waals surface area contributed by atoms with Gasteiger partial charge in [0.1, 0.15) is 23.1 Å².